The molecule has 0 aliphatic rings. The Balaban J connectivity index is 2.03. The van der Waals surface area contributed by atoms with Crippen LogP contribution in [0.1, 0.15) is 11.4 Å². The molecule has 0 saturated heterocycles. The largest absolute Gasteiger partial charge is 0.296 e. The molecule has 1 aromatic heterocycles. The normalized spacial score (nSPS) is 11.0. The van der Waals surface area contributed by atoms with Gasteiger partial charge in [-0.05, 0) is 30.9 Å². The molecule has 0 aliphatic heterocycles. The van der Waals surface area contributed by atoms with Crippen LogP contribution in [-0.4, -0.2) is 9.55 Å². The van der Waals surface area contributed by atoms with Crippen molar-refractivity contribution in [2.75, 3.05) is 0 Å². The molecule has 0 unspecified atom stereocenters. The molecule has 0 aliphatic carbocycles. The summed E-state index contributed by atoms with van der Waals surface area (Å²) in [7, 11) is 0. The van der Waals surface area contributed by atoms with Gasteiger partial charge >= 0.3 is 0 Å². The molecule has 23 heavy (non-hydrogen) atoms. The van der Waals surface area contributed by atoms with E-state index in [1.807, 2.05) is 6.20 Å². The van der Waals surface area contributed by atoms with Crippen LogP contribution in [0.5, 0.6) is 0 Å². The molecule has 4 aromatic rings. The van der Waals surface area contributed by atoms with Crippen LogP contribution >= 0.6 is 0 Å². The number of nitrogens with zero attached hydrogens (tertiary/aromatic N) is 2. The summed E-state index contributed by atoms with van der Waals surface area (Å²) in [5.41, 5.74) is 4.79. The van der Waals surface area contributed by atoms with Crippen molar-refractivity contribution in [1.82, 2.24) is 9.55 Å². The quantitative estimate of drug-likeness (QED) is 0.490. The van der Waals surface area contributed by atoms with Crippen LogP contribution in [0.3, 0.4) is 0 Å². The van der Waals surface area contributed by atoms with Crippen molar-refractivity contribution < 1.29 is 0 Å². The maximum atomic E-state index is 4.58. The number of fused-ring (bicyclic) bond motifs is 1. The summed E-state index contributed by atoms with van der Waals surface area (Å²) < 4.78 is 2.25. The maximum absolute atomic E-state index is 4.58. The average Bonchev–Trinajstić information content (AvgIpc) is 2.96. The van der Waals surface area contributed by atoms with E-state index < -0.39 is 0 Å². The minimum absolute atomic E-state index is 1.000. The highest BCUT2D eigenvalue weighted by atomic mass is 15.1. The first-order valence-corrected chi connectivity index (χ1v) is 7.84. The molecule has 1 heterocycles. The molecule has 0 saturated carbocycles. The summed E-state index contributed by atoms with van der Waals surface area (Å²) in [5, 5.41) is 2.49. The molecule has 0 bridgehead atoms. The van der Waals surface area contributed by atoms with Gasteiger partial charge in [0.25, 0.3) is 0 Å². The van der Waals surface area contributed by atoms with E-state index >= 15 is 0 Å². The molecule has 2 heteroatoms. The van der Waals surface area contributed by atoms with E-state index in [1.165, 1.54) is 27.6 Å². The fraction of sp³-hybridized carbons (Fsp3) is 0.0952. The zero-order chi connectivity index (χ0) is 15.8. The van der Waals surface area contributed by atoms with Crippen LogP contribution in [0.25, 0.3) is 27.7 Å². The lowest BCUT2D eigenvalue weighted by molar-refractivity contribution is 0.987. The Bertz CT molecular complexity index is 990. The second-order valence-electron chi connectivity index (χ2n) is 5.84. The van der Waals surface area contributed by atoms with Crippen LogP contribution in [0.4, 0.5) is 0 Å². The first-order valence-electron chi connectivity index (χ1n) is 7.84. The SMILES string of the molecule is Cc1ccccc1-c1cnc(C)n1-c1cccc2ccccc12. The van der Waals surface area contributed by atoms with Crippen molar-refractivity contribution in [3.8, 4) is 16.9 Å². The second-order valence-corrected chi connectivity index (χ2v) is 5.84. The summed E-state index contributed by atoms with van der Waals surface area (Å²) in [6.45, 7) is 4.20. The van der Waals surface area contributed by atoms with Gasteiger partial charge in [0.2, 0.25) is 0 Å². The lowest BCUT2D eigenvalue weighted by Gasteiger charge is -2.14. The molecule has 4 rings (SSSR count). The number of benzene rings is 3. The second kappa shape index (κ2) is 5.40. The molecule has 3 aromatic carbocycles. The Morgan fingerprint density at radius 2 is 1.52 bits per heavy atom. The van der Waals surface area contributed by atoms with Crippen LogP contribution in [-0.2, 0) is 0 Å². The zero-order valence-electron chi connectivity index (χ0n) is 13.3. The van der Waals surface area contributed by atoms with Gasteiger partial charge in [-0.25, -0.2) is 4.98 Å². The summed E-state index contributed by atoms with van der Waals surface area (Å²) >= 11 is 0. The lowest BCUT2D eigenvalue weighted by Crippen LogP contribution is -2.01. The molecule has 0 N–H and O–H groups in total. The molecular formula is C21H18N2. The molecular weight excluding hydrogens is 280 g/mol. The van der Waals surface area contributed by atoms with Gasteiger partial charge in [0, 0.05) is 10.9 Å². The molecule has 0 spiro atoms. The highest BCUT2D eigenvalue weighted by Gasteiger charge is 2.14. The van der Waals surface area contributed by atoms with Crippen molar-refractivity contribution in [3.63, 3.8) is 0 Å². The van der Waals surface area contributed by atoms with Gasteiger partial charge < -0.3 is 0 Å². The number of hydrogen-bond acceptors (Lipinski definition) is 1. The fourth-order valence-corrected chi connectivity index (χ4v) is 3.20. The topological polar surface area (TPSA) is 17.8 Å². The minimum atomic E-state index is 1.000. The predicted octanol–water partition coefficient (Wildman–Crippen LogP) is 5.31. The fourth-order valence-electron chi connectivity index (χ4n) is 3.20. The Morgan fingerprint density at radius 3 is 2.39 bits per heavy atom. The minimum Gasteiger partial charge on any atom is -0.296 e. The lowest BCUT2D eigenvalue weighted by atomic mass is 10.0. The molecule has 0 atom stereocenters. The van der Waals surface area contributed by atoms with Crippen molar-refractivity contribution >= 4 is 10.8 Å². The van der Waals surface area contributed by atoms with E-state index in [0.717, 1.165) is 11.5 Å². The van der Waals surface area contributed by atoms with Gasteiger partial charge in [0.15, 0.2) is 0 Å². The number of aromatic nitrogens is 2. The highest BCUT2D eigenvalue weighted by molar-refractivity contribution is 5.91. The highest BCUT2D eigenvalue weighted by Crippen LogP contribution is 2.30. The van der Waals surface area contributed by atoms with Crippen molar-refractivity contribution in [1.29, 1.82) is 0 Å². The Hall–Kier alpha value is -2.87. The summed E-state index contributed by atoms with van der Waals surface area (Å²) in [6.07, 6.45) is 1.97. The number of hydrogen-bond donors (Lipinski definition) is 0. The Morgan fingerprint density at radius 1 is 0.783 bits per heavy atom. The van der Waals surface area contributed by atoms with E-state index in [0.29, 0.717) is 0 Å². The van der Waals surface area contributed by atoms with Crippen molar-refractivity contribution in [2.24, 2.45) is 0 Å². The van der Waals surface area contributed by atoms with E-state index in [9.17, 15) is 0 Å². The molecule has 0 fully saturated rings. The number of imidazole rings is 1. The monoisotopic (exact) mass is 298 g/mol. The Kier molecular flexibility index (Phi) is 3.23. The van der Waals surface area contributed by atoms with E-state index in [-0.39, 0.29) is 0 Å². The first-order chi connectivity index (χ1) is 11.3. The maximum Gasteiger partial charge on any atom is 0.110 e. The third kappa shape index (κ3) is 2.23. The molecule has 0 radical (unpaired) electrons. The Labute approximate surface area is 136 Å². The molecule has 2 nitrogen and oxygen atoms in total. The summed E-state index contributed by atoms with van der Waals surface area (Å²) in [4.78, 5) is 4.58. The molecule has 0 amide bonds. The van der Waals surface area contributed by atoms with Crippen molar-refractivity contribution in [3.05, 3.63) is 84.3 Å². The first kappa shape index (κ1) is 13.8. The van der Waals surface area contributed by atoms with Gasteiger partial charge in [-0.1, -0.05) is 60.7 Å². The van der Waals surface area contributed by atoms with Gasteiger partial charge in [-0.2, -0.15) is 0 Å². The van der Waals surface area contributed by atoms with Crippen LogP contribution in [0.2, 0.25) is 0 Å². The van der Waals surface area contributed by atoms with Crippen LogP contribution < -0.4 is 0 Å². The van der Waals surface area contributed by atoms with E-state index in [1.54, 1.807) is 0 Å². The van der Waals surface area contributed by atoms with Gasteiger partial charge in [-0.3, -0.25) is 4.57 Å². The van der Waals surface area contributed by atoms with E-state index in [4.69, 9.17) is 0 Å². The van der Waals surface area contributed by atoms with Crippen LogP contribution in [0, 0.1) is 13.8 Å². The van der Waals surface area contributed by atoms with Gasteiger partial charge in [0.1, 0.15) is 5.82 Å². The summed E-state index contributed by atoms with van der Waals surface area (Å²) in [6, 6.07) is 23.4. The predicted molar refractivity (Wildman–Crippen MR) is 96.0 cm³/mol. The smallest absolute Gasteiger partial charge is 0.110 e. The standard InChI is InChI=1S/C21H18N2/c1-15-8-3-5-11-18(15)21-14-22-16(2)23(21)20-13-7-10-17-9-4-6-12-19(17)20/h3-14H,1-2H3. The third-order valence-electron chi connectivity index (χ3n) is 4.37. The van der Waals surface area contributed by atoms with Gasteiger partial charge in [-0.15, -0.1) is 0 Å². The van der Waals surface area contributed by atoms with Crippen molar-refractivity contribution in [2.45, 2.75) is 13.8 Å². The van der Waals surface area contributed by atoms with E-state index in [2.05, 4.69) is 90.1 Å². The number of aryl methyl sites for hydroxylation is 2. The third-order valence-corrected chi connectivity index (χ3v) is 4.37. The average molecular weight is 298 g/mol. The van der Waals surface area contributed by atoms with Crippen LogP contribution in [0.15, 0.2) is 72.9 Å². The number of rotatable bonds is 2. The zero-order valence-corrected chi connectivity index (χ0v) is 13.3. The molecule has 112 valence electrons. The summed E-state index contributed by atoms with van der Waals surface area (Å²) in [5.74, 6) is 1.000. The van der Waals surface area contributed by atoms with Gasteiger partial charge in [0.05, 0.1) is 17.6 Å².